The monoisotopic (exact) mass is 878 g/mol. The van der Waals surface area contributed by atoms with Crippen LogP contribution < -0.4 is 4.74 Å². The van der Waals surface area contributed by atoms with Crippen molar-refractivity contribution in [2.45, 2.75) is 91.3 Å². The molecule has 0 unspecified atom stereocenters. The summed E-state index contributed by atoms with van der Waals surface area (Å²) in [6.07, 6.45) is 1.69. The average molecular weight is 882 g/mol. The molecule has 15 heteroatoms. The summed E-state index contributed by atoms with van der Waals surface area (Å²) in [5.41, 5.74) is 4.69. The number of carbonyl (C=O) groups excluding carboxylic acids is 2. The number of aromatic nitrogens is 4. The third-order valence-electron chi connectivity index (χ3n) is 6.75. The SMILES string of the molecule is C.Cc1cccc(CC(=O)Cc2ccc(CCCCC#N)nn2)c1.O=C(Cc1cccc(OC(F)(F)F)c1)Cc1ccc(Cl)nn1.[CH2-]CCCC#N.[Zn+][Br]. The van der Waals surface area contributed by atoms with Gasteiger partial charge in [0.05, 0.1) is 42.1 Å². The third-order valence-corrected chi connectivity index (χ3v) is 6.95. The van der Waals surface area contributed by atoms with Crippen molar-refractivity contribution in [1.29, 1.82) is 10.5 Å². The van der Waals surface area contributed by atoms with Gasteiger partial charge >= 0.3 is 36.3 Å². The average Bonchev–Trinajstić information content (AvgIpc) is 3.12. The molecule has 0 spiro atoms. The normalized spacial score (nSPS) is 9.91. The number of hydrogen-bond acceptors (Lipinski definition) is 9. The number of aryl methyl sites for hydroxylation is 2. The first kappa shape index (κ1) is 49.9. The molecule has 54 heavy (non-hydrogen) atoms. The van der Waals surface area contributed by atoms with E-state index in [0.29, 0.717) is 42.6 Å². The molecule has 0 saturated carbocycles. The van der Waals surface area contributed by atoms with Gasteiger partial charge in [-0.3, -0.25) is 9.59 Å². The van der Waals surface area contributed by atoms with E-state index in [1.54, 1.807) is 12.1 Å². The van der Waals surface area contributed by atoms with Crippen molar-refractivity contribution >= 4 is 36.8 Å². The summed E-state index contributed by atoms with van der Waals surface area (Å²) in [5, 5.41) is 32.3. The maximum absolute atomic E-state index is 12.1. The van der Waals surface area contributed by atoms with E-state index in [4.69, 9.17) is 22.1 Å². The number of alkyl halides is 3. The summed E-state index contributed by atoms with van der Waals surface area (Å²) in [5.74, 6) is -0.420. The number of nitriles is 2. The molecule has 0 fully saturated rings. The van der Waals surface area contributed by atoms with Crippen molar-refractivity contribution in [2.75, 3.05) is 0 Å². The van der Waals surface area contributed by atoms with Crippen LogP contribution in [0.25, 0.3) is 0 Å². The fourth-order valence-corrected chi connectivity index (χ4v) is 4.53. The topological polar surface area (TPSA) is 143 Å². The van der Waals surface area contributed by atoms with E-state index in [2.05, 4.69) is 51.7 Å². The van der Waals surface area contributed by atoms with Crippen LogP contribution in [0.1, 0.15) is 79.7 Å². The number of halogens is 5. The Bertz CT molecular complexity index is 1750. The van der Waals surface area contributed by atoms with Crippen LogP contribution in [0.2, 0.25) is 5.15 Å². The Morgan fingerprint density at radius 1 is 0.778 bits per heavy atom. The molecule has 2 heterocycles. The van der Waals surface area contributed by atoms with Crippen LogP contribution in [-0.4, -0.2) is 38.3 Å². The first-order chi connectivity index (χ1) is 25.4. The first-order valence-corrected chi connectivity index (χ1v) is 23.8. The van der Waals surface area contributed by atoms with Gasteiger partial charge in [-0.15, -0.1) is 18.3 Å². The molecule has 0 aliphatic carbocycles. The van der Waals surface area contributed by atoms with Crippen molar-refractivity contribution in [3.8, 4) is 17.9 Å². The maximum atomic E-state index is 12.1. The molecule has 9 nitrogen and oxygen atoms in total. The predicted molar refractivity (Wildman–Crippen MR) is 202 cm³/mol. The molecule has 2 aromatic heterocycles. The second kappa shape index (κ2) is 29.3. The molecular formula is C39H43BrClF3N6O3Zn. The van der Waals surface area contributed by atoms with E-state index in [1.807, 2.05) is 49.4 Å². The predicted octanol–water partition coefficient (Wildman–Crippen LogP) is 9.75. The Morgan fingerprint density at radius 3 is 1.78 bits per heavy atom. The summed E-state index contributed by atoms with van der Waals surface area (Å²) in [6, 6.07) is 24.3. The molecule has 0 aliphatic rings. The Kier molecular flexibility index (Phi) is 27.1. The summed E-state index contributed by atoms with van der Waals surface area (Å²) < 4.78 is 40.2. The van der Waals surface area contributed by atoms with Crippen molar-refractivity contribution in [3.63, 3.8) is 0 Å². The van der Waals surface area contributed by atoms with Gasteiger partial charge in [-0.1, -0.05) is 67.4 Å². The molecule has 4 aromatic rings. The van der Waals surface area contributed by atoms with Crippen LogP contribution in [0.15, 0.2) is 72.8 Å². The van der Waals surface area contributed by atoms with E-state index < -0.39 is 6.36 Å². The van der Waals surface area contributed by atoms with Crippen LogP contribution in [-0.2, 0) is 58.0 Å². The summed E-state index contributed by atoms with van der Waals surface area (Å²) >= 11 is 9.83. The molecule has 284 valence electrons. The fraction of sp³-hybridized carbons (Fsp3) is 0.359. The van der Waals surface area contributed by atoms with Gasteiger partial charge in [-0.25, -0.2) is 0 Å². The van der Waals surface area contributed by atoms with Gasteiger partial charge in [0, 0.05) is 25.7 Å². The van der Waals surface area contributed by atoms with Gasteiger partial charge in [0.1, 0.15) is 17.3 Å². The molecule has 2 aromatic carbocycles. The van der Waals surface area contributed by atoms with E-state index in [9.17, 15) is 22.8 Å². The fourth-order valence-electron chi connectivity index (χ4n) is 4.43. The van der Waals surface area contributed by atoms with Crippen LogP contribution >= 0.6 is 25.2 Å². The zero-order chi connectivity index (χ0) is 39.5. The number of rotatable bonds is 15. The molecule has 0 saturated heterocycles. The summed E-state index contributed by atoms with van der Waals surface area (Å²) in [6.45, 7) is 5.59. The second-order valence-corrected chi connectivity index (χ2v) is 11.7. The van der Waals surface area contributed by atoms with Crippen LogP contribution in [0.5, 0.6) is 5.75 Å². The number of ether oxygens (including phenoxy) is 1. The molecule has 0 radical (unpaired) electrons. The zero-order valence-corrected chi connectivity index (χ0v) is 34.7. The van der Waals surface area contributed by atoms with Crippen molar-refractivity contribution in [3.05, 3.63) is 119 Å². The number of Topliss-reactive ketones (excluding diaryl/α,β-unsaturated/α-hetero) is 2. The van der Waals surface area contributed by atoms with Crippen LogP contribution in [0.3, 0.4) is 0 Å². The number of nitrogens with zero attached hydrogens (tertiary/aromatic N) is 6. The zero-order valence-electron chi connectivity index (χ0n) is 29.4. The van der Waals surface area contributed by atoms with Crippen molar-refractivity contribution in [1.82, 2.24) is 20.4 Å². The Hall–Kier alpha value is -4.10. The quantitative estimate of drug-likeness (QED) is 0.0648. The van der Waals surface area contributed by atoms with E-state index >= 15 is 0 Å². The van der Waals surface area contributed by atoms with Crippen molar-refractivity contribution < 1.29 is 43.8 Å². The molecule has 4 rings (SSSR count). The van der Waals surface area contributed by atoms with Gasteiger partial charge in [0.25, 0.3) is 0 Å². The van der Waals surface area contributed by atoms with E-state index in [1.165, 1.54) is 40.6 Å². The second-order valence-electron chi connectivity index (χ2n) is 11.3. The molecule has 0 bridgehead atoms. The third kappa shape index (κ3) is 24.3. The first-order valence-electron chi connectivity index (χ1n) is 16.4. The van der Waals surface area contributed by atoms with E-state index in [-0.39, 0.29) is 42.7 Å². The minimum absolute atomic E-state index is 0. The van der Waals surface area contributed by atoms with Crippen molar-refractivity contribution in [2.24, 2.45) is 0 Å². The Labute approximate surface area is 337 Å². The molecule has 0 amide bonds. The number of benzene rings is 2. The number of hydrogen-bond donors (Lipinski definition) is 0. The summed E-state index contributed by atoms with van der Waals surface area (Å²) in [4.78, 5) is 24.0. The standard InChI is InChI=1S/C19H21N3O.C14H10ClF3N2O2.C5H8N.CH4.BrH.Zn/c1-15-6-5-7-16(12-15)13-19(23)14-18-10-9-17(21-22-18)8-3-2-4-11-20;15-13-5-4-10(19-20-13)8-11(21)6-9-2-1-3-12(7-9)22-14(16,17)18;1-2-3-4-5-6;;;/h5-7,9-10,12H,2-4,8,13-14H2,1H3;1-5,7H,6,8H2;1-4H2;1H4;1H;/q;;-1;;;+2/p-1. The van der Waals surface area contributed by atoms with Crippen LogP contribution in [0.4, 0.5) is 13.2 Å². The molecule has 0 N–H and O–H groups in total. The molecular weight excluding hydrogens is 838 g/mol. The summed E-state index contributed by atoms with van der Waals surface area (Å²) in [7, 11) is 0. The number of ketones is 2. The van der Waals surface area contributed by atoms with Crippen LogP contribution in [0, 0.1) is 36.5 Å². The molecule has 0 atom stereocenters. The number of carbonyl (C=O) groups is 2. The van der Waals surface area contributed by atoms with Gasteiger partial charge in [0.15, 0.2) is 5.15 Å². The van der Waals surface area contributed by atoms with Gasteiger partial charge < -0.3 is 11.7 Å². The van der Waals surface area contributed by atoms with E-state index in [0.717, 1.165) is 48.9 Å². The van der Waals surface area contributed by atoms with Gasteiger partial charge in [0.2, 0.25) is 0 Å². The Morgan fingerprint density at radius 2 is 1.30 bits per heavy atom. The minimum atomic E-state index is -4.76. The van der Waals surface area contributed by atoms with Gasteiger partial charge in [-0.2, -0.15) is 32.2 Å². The Balaban J connectivity index is 0.000000857. The molecule has 0 aliphatic heterocycles. The van der Waals surface area contributed by atoms with Gasteiger partial charge in [-0.05, 0) is 73.7 Å². The number of unbranched alkanes of at least 4 members (excludes halogenated alkanes) is 4.